The summed E-state index contributed by atoms with van der Waals surface area (Å²) in [5.74, 6) is 0.823. The highest BCUT2D eigenvalue weighted by Gasteiger charge is 2.24. The minimum absolute atomic E-state index is 0.298. The fraction of sp³-hybridized carbons (Fsp3) is 0.385. The normalized spacial score (nSPS) is 13.6. The molecule has 1 aliphatic rings. The molecule has 21 heavy (non-hydrogen) atoms. The van der Waals surface area contributed by atoms with Crippen LogP contribution >= 0.6 is 11.6 Å². The van der Waals surface area contributed by atoms with Crippen LogP contribution in [0.3, 0.4) is 0 Å². The molecule has 0 radical (unpaired) electrons. The summed E-state index contributed by atoms with van der Waals surface area (Å²) in [6.07, 6.45) is 5.04. The quantitative estimate of drug-likeness (QED) is 0.805. The molecule has 7 nitrogen and oxygen atoms in total. The van der Waals surface area contributed by atoms with Gasteiger partial charge in [0.25, 0.3) is 0 Å². The van der Waals surface area contributed by atoms with Crippen molar-refractivity contribution in [3.63, 3.8) is 0 Å². The summed E-state index contributed by atoms with van der Waals surface area (Å²) in [5.41, 5.74) is 1.28. The molecule has 0 aliphatic carbocycles. The average molecular weight is 305 g/mol. The largest absolute Gasteiger partial charge is 0.301 e. The van der Waals surface area contributed by atoms with E-state index in [1.807, 2.05) is 10.8 Å². The second-order valence-corrected chi connectivity index (χ2v) is 5.26. The van der Waals surface area contributed by atoms with Gasteiger partial charge in [0.05, 0.1) is 11.9 Å². The van der Waals surface area contributed by atoms with Gasteiger partial charge in [0.15, 0.2) is 11.6 Å². The lowest BCUT2D eigenvalue weighted by atomic mass is 10.1. The summed E-state index contributed by atoms with van der Waals surface area (Å²) in [5, 5.41) is 18.3. The number of rotatable bonds is 3. The third kappa shape index (κ3) is 2.08. The Bertz CT molecular complexity index is 741. The first kappa shape index (κ1) is 13.6. The van der Waals surface area contributed by atoms with Gasteiger partial charge in [-0.05, 0) is 19.3 Å². The Kier molecular flexibility index (Phi) is 3.39. The summed E-state index contributed by atoms with van der Waals surface area (Å²) in [4.78, 5) is 12.3. The average Bonchev–Trinajstić information content (AvgIpc) is 3.08. The van der Waals surface area contributed by atoms with E-state index in [4.69, 9.17) is 16.9 Å². The molecule has 108 valence electrons. The van der Waals surface area contributed by atoms with Gasteiger partial charge in [-0.25, -0.2) is 0 Å². The first-order chi connectivity index (χ1) is 10.2. The Morgan fingerprint density at radius 2 is 2.33 bits per heavy atom. The zero-order valence-corrected chi connectivity index (χ0v) is 12.2. The van der Waals surface area contributed by atoms with Crippen LogP contribution in [0.15, 0.2) is 6.20 Å². The zero-order valence-electron chi connectivity index (χ0n) is 11.5. The maximum atomic E-state index is 11.1. The summed E-state index contributed by atoms with van der Waals surface area (Å²) in [6.45, 7) is 0.820. The lowest BCUT2D eigenvalue weighted by molar-refractivity contribution is -0.107. The molecule has 2 aromatic rings. The van der Waals surface area contributed by atoms with Crippen molar-refractivity contribution in [3.8, 4) is 11.9 Å². The van der Waals surface area contributed by atoms with E-state index < -0.39 is 0 Å². The highest BCUT2D eigenvalue weighted by Crippen LogP contribution is 2.31. The molecule has 0 fully saturated rings. The van der Waals surface area contributed by atoms with E-state index in [2.05, 4.69) is 10.2 Å². The van der Waals surface area contributed by atoms with Crippen molar-refractivity contribution < 1.29 is 4.79 Å². The number of amides is 1. The highest BCUT2D eigenvalue weighted by molar-refractivity contribution is 6.33. The van der Waals surface area contributed by atoms with E-state index >= 15 is 0 Å². The molecule has 0 unspecified atom stereocenters. The number of aromatic nitrogens is 4. The lowest BCUT2D eigenvalue weighted by Crippen LogP contribution is -2.19. The third-order valence-electron chi connectivity index (χ3n) is 3.57. The molecule has 0 N–H and O–H groups in total. The summed E-state index contributed by atoms with van der Waals surface area (Å²) in [6, 6.07) is 2.02. The molecule has 0 spiro atoms. The molecule has 2 aromatic heterocycles. The molecular formula is C13H13ClN6O. The molecule has 0 saturated carbocycles. The van der Waals surface area contributed by atoms with Gasteiger partial charge < -0.3 is 4.90 Å². The molecule has 0 bridgehead atoms. The lowest BCUT2D eigenvalue weighted by Gasteiger charge is -2.12. The number of carbonyl (C=O) groups excluding carboxylic acids is 1. The van der Waals surface area contributed by atoms with Crippen LogP contribution in [0.5, 0.6) is 0 Å². The number of nitrogens with zero attached hydrogens (tertiary/aromatic N) is 6. The SMILES string of the molecule is CN(C=O)c1c(C#N)cnn1-c1nn2c(c1Cl)CCCC2. The predicted octanol–water partition coefficient (Wildman–Crippen LogP) is 1.52. The molecular weight excluding hydrogens is 292 g/mol. The molecule has 0 saturated heterocycles. The fourth-order valence-electron chi connectivity index (χ4n) is 2.54. The summed E-state index contributed by atoms with van der Waals surface area (Å²) in [7, 11) is 1.56. The van der Waals surface area contributed by atoms with Crippen molar-refractivity contribution in [2.75, 3.05) is 11.9 Å². The second kappa shape index (κ2) is 5.22. The summed E-state index contributed by atoms with van der Waals surface area (Å²) < 4.78 is 3.32. The van der Waals surface area contributed by atoms with Gasteiger partial charge in [0.2, 0.25) is 6.41 Å². The number of anilines is 1. The van der Waals surface area contributed by atoms with Gasteiger partial charge in [-0.2, -0.15) is 20.1 Å². The number of hydrogen-bond donors (Lipinski definition) is 0. The molecule has 1 aliphatic heterocycles. The van der Waals surface area contributed by atoms with Gasteiger partial charge in [0, 0.05) is 13.6 Å². The van der Waals surface area contributed by atoms with Gasteiger partial charge in [-0.15, -0.1) is 0 Å². The van der Waals surface area contributed by atoms with E-state index in [1.165, 1.54) is 15.8 Å². The van der Waals surface area contributed by atoms with Crippen LogP contribution in [0.25, 0.3) is 5.82 Å². The number of nitriles is 1. The molecule has 3 rings (SSSR count). The highest BCUT2D eigenvalue weighted by atomic mass is 35.5. The molecule has 1 amide bonds. The molecule has 0 atom stereocenters. The zero-order chi connectivity index (χ0) is 15.0. The van der Waals surface area contributed by atoms with Crippen molar-refractivity contribution in [3.05, 3.63) is 22.5 Å². The monoisotopic (exact) mass is 304 g/mol. The predicted molar refractivity (Wildman–Crippen MR) is 76.5 cm³/mol. The van der Waals surface area contributed by atoms with Crippen LogP contribution in [-0.4, -0.2) is 33.0 Å². The first-order valence-electron chi connectivity index (χ1n) is 6.59. The Labute approximate surface area is 126 Å². The maximum Gasteiger partial charge on any atom is 0.215 e. The second-order valence-electron chi connectivity index (χ2n) is 4.89. The van der Waals surface area contributed by atoms with Crippen molar-refractivity contribution in [2.24, 2.45) is 0 Å². The number of hydrogen-bond acceptors (Lipinski definition) is 4. The minimum atomic E-state index is 0.298. The fourth-order valence-corrected chi connectivity index (χ4v) is 2.85. The first-order valence-corrected chi connectivity index (χ1v) is 6.97. The maximum absolute atomic E-state index is 11.1. The van der Waals surface area contributed by atoms with Crippen LogP contribution in [0, 0.1) is 11.3 Å². The van der Waals surface area contributed by atoms with Crippen LogP contribution < -0.4 is 4.90 Å². The Morgan fingerprint density at radius 1 is 1.52 bits per heavy atom. The number of fused-ring (bicyclic) bond motifs is 1. The van der Waals surface area contributed by atoms with Crippen molar-refractivity contribution in [2.45, 2.75) is 25.8 Å². The van der Waals surface area contributed by atoms with Crippen LogP contribution in [-0.2, 0) is 17.8 Å². The van der Waals surface area contributed by atoms with E-state index in [9.17, 15) is 4.79 Å². The van der Waals surface area contributed by atoms with Gasteiger partial charge >= 0.3 is 0 Å². The van der Waals surface area contributed by atoms with Gasteiger partial charge in [-0.3, -0.25) is 9.48 Å². The van der Waals surface area contributed by atoms with Crippen molar-refractivity contribution in [1.29, 1.82) is 5.26 Å². The van der Waals surface area contributed by atoms with E-state index in [1.54, 1.807) is 7.05 Å². The third-order valence-corrected chi connectivity index (χ3v) is 3.95. The Morgan fingerprint density at radius 3 is 3.00 bits per heavy atom. The minimum Gasteiger partial charge on any atom is -0.301 e. The van der Waals surface area contributed by atoms with Gasteiger partial charge in [-0.1, -0.05) is 11.6 Å². The topological polar surface area (TPSA) is 79.7 Å². The van der Waals surface area contributed by atoms with Crippen molar-refractivity contribution >= 4 is 23.8 Å². The van der Waals surface area contributed by atoms with E-state index in [0.717, 1.165) is 31.5 Å². The van der Waals surface area contributed by atoms with E-state index in [0.29, 0.717) is 28.6 Å². The smallest absolute Gasteiger partial charge is 0.215 e. The molecule has 0 aromatic carbocycles. The molecule has 8 heteroatoms. The van der Waals surface area contributed by atoms with Gasteiger partial charge in [0.1, 0.15) is 16.7 Å². The van der Waals surface area contributed by atoms with Crippen LogP contribution in [0.1, 0.15) is 24.1 Å². The Balaban J connectivity index is 2.18. The molecule has 3 heterocycles. The standard InChI is InChI=1S/C13H13ClN6O/c1-18(8-21)13-9(6-15)7-16-20(13)12-11(14)10-4-2-3-5-19(10)17-12/h7-8H,2-5H2,1H3. The number of aryl methyl sites for hydroxylation is 1. The number of carbonyl (C=O) groups is 1. The van der Waals surface area contributed by atoms with Crippen LogP contribution in [0.4, 0.5) is 5.82 Å². The van der Waals surface area contributed by atoms with E-state index in [-0.39, 0.29) is 0 Å². The Hall–Kier alpha value is -2.33. The van der Waals surface area contributed by atoms with Crippen LogP contribution in [0.2, 0.25) is 5.02 Å². The number of halogens is 1. The van der Waals surface area contributed by atoms with Crippen molar-refractivity contribution in [1.82, 2.24) is 19.6 Å². The summed E-state index contributed by atoms with van der Waals surface area (Å²) >= 11 is 6.42.